The van der Waals surface area contributed by atoms with Crippen LogP contribution in [-0.4, -0.2) is 18.7 Å². The summed E-state index contributed by atoms with van der Waals surface area (Å²) in [4.78, 5) is 12.2. The van der Waals surface area contributed by atoms with E-state index in [2.05, 4.69) is 31.8 Å². The van der Waals surface area contributed by atoms with E-state index in [0.717, 1.165) is 32.1 Å². The van der Waals surface area contributed by atoms with Gasteiger partial charge in [-0.05, 0) is 57.2 Å². The minimum atomic E-state index is -0.238. The highest BCUT2D eigenvalue weighted by atomic mass is 79.9. The zero-order valence-electron chi connectivity index (χ0n) is 17.6. The average molecular weight is 523 g/mol. The van der Waals surface area contributed by atoms with Gasteiger partial charge in [0.15, 0.2) is 0 Å². The lowest BCUT2D eigenvalue weighted by Crippen LogP contribution is -2.25. The number of halogens is 2. The van der Waals surface area contributed by atoms with Crippen molar-refractivity contribution >= 4 is 56.1 Å². The minimum Gasteiger partial charge on any atom is -0.488 e. The van der Waals surface area contributed by atoms with Gasteiger partial charge in [0, 0.05) is 21.7 Å². The van der Waals surface area contributed by atoms with E-state index in [1.54, 1.807) is 6.21 Å². The molecule has 4 rings (SSSR count). The Kier molecular flexibility index (Phi) is 7.60. The highest BCUT2D eigenvalue weighted by molar-refractivity contribution is 9.10. The molecule has 166 valence electrons. The quantitative estimate of drug-likeness (QED) is 0.208. The first-order chi connectivity index (χ1) is 16.1. The number of anilines is 1. The normalized spacial score (nSPS) is 11.0. The SMILES string of the molecule is O=C(CNc1cccc2ccccc12)N/N=C\c1ccc(OCc2ccccc2Cl)c(Br)c1. The van der Waals surface area contributed by atoms with Crippen molar-refractivity contribution in [2.45, 2.75) is 6.61 Å². The van der Waals surface area contributed by atoms with Crippen molar-refractivity contribution in [1.29, 1.82) is 0 Å². The monoisotopic (exact) mass is 521 g/mol. The van der Waals surface area contributed by atoms with E-state index in [9.17, 15) is 4.79 Å². The van der Waals surface area contributed by atoms with Crippen molar-refractivity contribution in [3.05, 3.63) is 106 Å². The maximum absolute atomic E-state index is 12.2. The number of nitrogens with zero attached hydrogens (tertiary/aromatic N) is 1. The lowest BCUT2D eigenvalue weighted by molar-refractivity contribution is -0.119. The smallest absolute Gasteiger partial charge is 0.259 e. The molecule has 2 N–H and O–H groups in total. The van der Waals surface area contributed by atoms with Crippen molar-refractivity contribution in [3.63, 3.8) is 0 Å². The first-order valence-corrected chi connectivity index (χ1v) is 11.5. The molecule has 0 fully saturated rings. The fraction of sp³-hybridized carbons (Fsp3) is 0.0769. The van der Waals surface area contributed by atoms with Gasteiger partial charge >= 0.3 is 0 Å². The largest absolute Gasteiger partial charge is 0.488 e. The molecule has 33 heavy (non-hydrogen) atoms. The molecule has 1 amide bonds. The standard InChI is InChI=1S/C26H21BrClN3O2/c27-22-14-18(12-13-25(22)33-17-20-7-2-4-10-23(20)28)15-30-31-26(32)16-29-24-11-5-8-19-6-1-3-9-21(19)24/h1-15,29H,16-17H2,(H,31,32)/b30-15-. The molecule has 0 aliphatic heterocycles. The second-order valence-corrected chi connectivity index (χ2v) is 8.50. The van der Waals surface area contributed by atoms with Crippen LogP contribution in [0.5, 0.6) is 5.75 Å². The van der Waals surface area contributed by atoms with Gasteiger partial charge in [-0.1, -0.05) is 66.2 Å². The van der Waals surface area contributed by atoms with Gasteiger partial charge in [-0.15, -0.1) is 0 Å². The van der Waals surface area contributed by atoms with Crippen LogP contribution in [0.4, 0.5) is 5.69 Å². The lowest BCUT2D eigenvalue weighted by Gasteiger charge is -2.10. The number of hydrogen-bond acceptors (Lipinski definition) is 4. The van der Waals surface area contributed by atoms with Crippen LogP contribution >= 0.6 is 27.5 Å². The number of hydrazone groups is 1. The van der Waals surface area contributed by atoms with Gasteiger partial charge in [-0.3, -0.25) is 4.79 Å². The number of benzene rings is 4. The Labute approximate surface area is 205 Å². The van der Waals surface area contributed by atoms with Gasteiger partial charge < -0.3 is 10.1 Å². The number of hydrogen-bond donors (Lipinski definition) is 2. The predicted molar refractivity (Wildman–Crippen MR) is 138 cm³/mol. The second-order valence-electron chi connectivity index (χ2n) is 7.24. The van der Waals surface area contributed by atoms with E-state index in [0.29, 0.717) is 17.4 Å². The molecule has 0 unspecified atom stereocenters. The van der Waals surface area contributed by atoms with E-state index >= 15 is 0 Å². The van der Waals surface area contributed by atoms with E-state index in [-0.39, 0.29) is 12.5 Å². The summed E-state index contributed by atoms with van der Waals surface area (Å²) >= 11 is 9.69. The fourth-order valence-electron chi connectivity index (χ4n) is 3.26. The molecule has 0 heterocycles. The highest BCUT2D eigenvalue weighted by Gasteiger charge is 2.06. The number of fused-ring (bicyclic) bond motifs is 1. The second kappa shape index (κ2) is 11.0. The topological polar surface area (TPSA) is 62.7 Å². The van der Waals surface area contributed by atoms with E-state index in [1.807, 2.05) is 84.9 Å². The Morgan fingerprint density at radius 1 is 1.00 bits per heavy atom. The third-order valence-electron chi connectivity index (χ3n) is 4.93. The number of nitrogens with one attached hydrogen (secondary N) is 2. The Hall–Kier alpha value is -3.35. The van der Waals surface area contributed by atoms with Crippen molar-refractivity contribution in [1.82, 2.24) is 5.43 Å². The fourth-order valence-corrected chi connectivity index (χ4v) is 3.96. The van der Waals surface area contributed by atoms with Gasteiger partial charge in [0.05, 0.1) is 17.2 Å². The Balaban J connectivity index is 1.29. The number of amides is 1. The van der Waals surface area contributed by atoms with Gasteiger partial charge in [0.2, 0.25) is 0 Å². The van der Waals surface area contributed by atoms with E-state index < -0.39 is 0 Å². The van der Waals surface area contributed by atoms with E-state index in [1.165, 1.54) is 0 Å². The van der Waals surface area contributed by atoms with Crippen molar-refractivity contribution in [2.24, 2.45) is 5.10 Å². The molecule has 4 aromatic rings. The number of rotatable bonds is 8. The number of ether oxygens (including phenoxy) is 1. The summed E-state index contributed by atoms with van der Waals surface area (Å²) in [7, 11) is 0. The molecule has 0 saturated heterocycles. The molecular formula is C26H21BrClN3O2. The first-order valence-electron chi connectivity index (χ1n) is 10.3. The molecule has 0 spiro atoms. The summed E-state index contributed by atoms with van der Waals surface area (Å²) in [5.74, 6) is 0.452. The predicted octanol–water partition coefficient (Wildman–Crippen LogP) is 6.40. The van der Waals surface area contributed by atoms with Crippen LogP contribution in [0.15, 0.2) is 94.5 Å². The highest BCUT2D eigenvalue weighted by Crippen LogP contribution is 2.27. The van der Waals surface area contributed by atoms with Crippen molar-refractivity contribution < 1.29 is 9.53 Å². The van der Waals surface area contributed by atoms with Crippen LogP contribution in [0.3, 0.4) is 0 Å². The van der Waals surface area contributed by atoms with Gasteiger partial charge in [0.1, 0.15) is 12.4 Å². The van der Waals surface area contributed by atoms with Crippen LogP contribution in [0.2, 0.25) is 5.02 Å². The summed E-state index contributed by atoms with van der Waals surface area (Å²) < 4.78 is 6.63. The Morgan fingerprint density at radius 3 is 2.64 bits per heavy atom. The van der Waals surface area contributed by atoms with E-state index in [4.69, 9.17) is 16.3 Å². The molecule has 0 aliphatic carbocycles. The summed E-state index contributed by atoms with van der Waals surface area (Å²) in [6, 6.07) is 27.1. The summed E-state index contributed by atoms with van der Waals surface area (Å²) in [6.45, 7) is 0.481. The summed E-state index contributed by atoms with van der Waals surface area (Å²) in [6.07, 6.45) is 1.58. The Bertz CT molecular complexity index is 1300. The summed E-state index contributed by atoms with van der Waals surface area (Å²) in [5, 5.41) is 10.1. The maximum atomic E-state index is 12.2. The molecule has 0 radical (unpaired) electrons. The molecule has 0 aromatic heterocycles. The van der Waals surface area contributed by atoms with Gasteiger partial charge in [-0.25, -0.2) is 5.43 Å². The third-order valence-corrected chi connectivity index (χ3v) is 5.92. The number of carbonyl (C=O) groups excluding carboxylic acids is 1. The molecular weight excluding hydrogens is 502 g/mol. The summed E-state index contributed by atoms with van der Waals surface area (Å²) in [5.41, 5.74) is 5.18. The lowest BCUT2D eigenvalue weighted by atomic mass is 10.1. The minimum absolute atomic E-state index is 0.115. The van der Waals surface area contributed by atoms with Crippen LogP contribution in [-0.2, 0) is 11.4 Å². The van der Waals surface area contributed by atoms with Crippen LogP contribution in [0, 0.1) is 0 Å². The zero-order valence-corrected chi connectivity index (χ0v) is 19.9. The first kappa shape index (κ1) is 22.8. The zero-order chi connectivity index (χ0) is 23.0. The van der Waals surface area contributed by atoms with Crippen LogP contribution in [0.1, 0.15) is 11.1 Å². The average Bonchev–Trinajstić information content (AvgIpc) is 2.83. The van der Waals surface area contributed by atoms with Gasteiger partial charge in [0.25, 0.3) is 5.91 Å². The van der Waals surface area contributed by atoms with Gasteiger partial charge in [-0.2, -0.15) is 5.10 Å². The van der Waals surface area contributed by atoms with Crippen molar-refractivity contribution in [3.8, 4) is 5.75 Å². The van der Waals surface area contributed by atoms with Crippen LogP contribution in [0.25, 0.3) is 10.8 Å². The molecule has 0 saturated carbocycles. The van der Waals surface area contributed by atoms with Crippen molar-refractivity contribution in [2.75, 3.05) is 11.9 Å². The molecule has 7 heteroatoms. The number of carbonyl (C=O) groups is 1. The molecule has 4 aromatic carbocycles. The third kappa shape index (κ3) is 6.12. The van der Waals surface area contributed by atoms with Crippen LogP contribution < -0.4 is 15.5 Å². The molecule has 0 aliphatic rings. The molecule has 0 bridgehead atoms. The maximum Gasteiger partial charge on any atom is 0.259 e. The molecule has 0 atom stereocenters. The molecule has 5 nitrogen and oxygen atoms in total. The Morgan fingerprint density at radius 2 is 1.79 bits per heavy atom.